The lowest BCUT2D eigenvalue weighted by Crippen LogP contribution is -2.48. The van der Waals surface area contributed by atoms with E-state index in [4.69, 9.17) is 9.73 Å². The van der Waals surface area contributed by atoms with Crippen LogP contribution in [0.1, 0.15) is 51.5 Å². The number of unbranched alkanes of at least 4 members (excludes halogenated alkanes) is 1. The Kier molecular flexibility index (Phi) is 14.4. The summed E-state index contributed by atoms with van der Waals surface area (Å²) < 4.78 is 5.74. The van der Waals surface area contributed by atoms with E-state index in [1.54, 1.807) is 0 Å². The molecule has 1 aliphatic heterocycles. The van der Waals surface area contributed by atoms with Crippen molar-refractivity contribution in [2.45, 2.75) is 58.6 Å². The normalized spacial score (nSPS) is 15.9. The molecule has 2 rings (SSSR count). The van der Waals surface area contributed by atoms with Crippen LogP contribution in [0, 0.1) is 0 Å². The molecule has 5 nitrogen and oxygen atoms in total. The van der Waals surface area contributed by atoms with E-state index in [1.165, 1.54) is 44.5 Å². The van der Waals surface area contributed by atoms with E-state index >= 15 is 0 Å². The van der Waals surface area contributed by atoms with Gasteiger partial charge in [-0.05, 0) is 51.1 Å². The number of hydrogen-bond acceptors (Lipinski definition) is 3. The molecule has 0 spiro atoms. The van der Waals surface area contributed by atoms with Gasteiger partial charge in [0, 0.05) is 38.8 Å². The molecule has 0 amide bonds. The third-order valence-corrected chi connectivity index (χ3v) is 4.89. The third kappa shape index (κ3) is 10.6. The summed E-state index contributed by atoms with van der Waals surface area (Å²) in [5, 5.41) is 7.01. The summed E-state index contributed by atoms with van der Waals surface area (Å²) in [4.78, 5) is 7.31. The van der Waals surface area contributed by atoms with Crippen LogP contribution < -0.4 is 10.6 Å². The van der Waals surface area contributed by atoms with Gasteiger partial charge in [-0.3, -0.25) is 4.99 Å². The maximum Gasteiger partial charge on any atom is 0.191 e. The van der Waals surface area contributed by atoms with Gasteiger partial charge in [0.1, 0.15) is 0 Å². The number of likely N-dealkylation sites (tertiary alicyclic amines) is 1. The van der Waals surface area contributed by atoms with Gasteiger partial charge in [-0.15, -0.1) is 24.0 Å². The molecule has 160 valence electrons. The van der Waals surface area contributed by atoms with Crippen molar-refractivity contribution >= 4 is 29.9 Å². The van der Waals surface area contributed by atoms with E-state index in [2.05, 4.69) is 53.6 Å². The Morgan fingerprint density at radius 3 is 2.57 bits per heavy atom. The molecule has 6 heteroatoms. The quantitative estimate of drug-likeness (QED) is 0.208. The van der Waals surface area contributed by atoms with Crippen LogP contribution in [0.3, 0.4) is 0 Å². The molecule has 1 saturated heterocycles. The van der Waals surface area contributed by atoms with Crippen molar-refractivity contribution in [1.82, 2.24) is 15.5 Å². The third-order valence-electron chi connectivity index (χ3n) is 4.89. The summed E-state index contributed by atoms with van der Waals surface area (Å²) >= 11 is 0. The van der Waals surface area contributed by atoms with Crippen LogP contribution in [0.4, 0.5) is 0 Å². The predicted octanol–water partition coefficient (Wildman–Crippen LogP) is 4.03. The van der Waals surface area contributed by atoms with E-state index < -0.39 is 0 Å². The number of piperidine rings is 1. The minimum Gasteiger partial charge on any atom is -0.377 e. The van der Waals surface area contributed by atoms with Crippen LogP contribution in [-0.2, 0) is 11.3 Å². The Hall–Kier alpha value is -0.860. The zero-order valence-electron chi connectivity index (χ0n) is 17.7. The van der Waals surface area contributed by atoms with Crippen LogP contribution in [0.25, 0.3) is 0 Å². The lowest BCUT2D eigenvalue weighted by Gasteiger charge is -2.32. The average Bonchev–Trinajstić information content (AvgIpc) is 2.70. The molecule has 1 heterocycles. The zero-order chi connectivity index (χ0) is 19.2. The summed E-state index contributed by atoms with van der Waals surface area (Å²) in [5.41, 5.74) is 1.24. The second-order valence-corrected chi connectivity index (χ2v) is 7.27. The number of benzene rings is 1. The number of aliphatic imine (C=N–C) groups is 1. The number of guanidine groups is 1. The van der Waals surface area contributed by atoms with Crippen molar-refractivity contribution in [3.8, 4) is 0 Å². The van der Waals surface area contributed by atoms with Crippen molar-refractivity contribution in [3.05, 3.63) is 35.9 Å². The second-order valence-electron chi connectivity index (χ2n) is 7.27. The Labute approximate surface area is 188 Å². The summed E-state index contributed by atoms with van der Waals surface area (Å²) in [6.07, 6.45) is 5.76. The van der Waals surface area contributed by atoms with Crippen LogP contribution >= 0.6 is 24.0 Å². The lowest BCUT2D eigenvalue weighted by atomic mass is 10.1. The summed E-state index contributed by atoms with van der Waals surface area (Å²) in [7, 11) is 0. The zero-order valence-corrected chi connectivity index (χ0v) is 20.0. The molecule has 1 aromatic rings. The molecule has 1 fully saturated rings. The van der Waals surface area contributed by atoms with Crippen molar-refractivity contribution < 1.29 is 4.74 Å². The van der Waals surface area contributed by atoms with Gasteiger partial charge in [0.15, 0.2) is 5.96 Å². The van der Waals surface area contributed by atoms with Gasteiger partial charge in [-0.1, -0.05) is 37.3 Å². The molecule has 1 aliphatic rings. The number of hydrogen-bond donors (Lipinski definition) is 2. The second kappa shape index (κ2) is 16.0. The molecule has 0 unspecified atom stereocenters. The van der Waals surface area contributed by atoms with Crippen LogP contribution in [0.2, 0.25) is 0 Å². The van der Waals surface area contributed by atoms with Crippen molar-refractivity contribution in [3.63, 3.8) is 0 Å². The SMILES string of the molecule is CCCN1CCC(NC(=NCCCCOCc2ccccc2)NCC)CC1.I. The Morgan fingerprint density at radius 2 is 1.89 bits per heavy atom. The molecular formula is C22H39IN4O. The van der Waals surface area contributed by atoms with E-state index in [1.807, 2.05) is 6.07 Å². The standard InChI is InChI=1S/C22H38N4O.HI/c1-3-15-26-16-12-21(13-17-26)25-22(23-4-2)24-14-8-9-18-27-19-20-10-6-5-7-11-20;/h5-7,10-11,21H,3-4,8-9,12-19H2,1-2H3,(H2,23,24,25);1H. The molecule has 28 heavy (non-hydrogen) atoms. The predicted molar refractivity (Wildman–Crippen MR) is 130 cm³/mol. The van der Waals surface area contributed by atoms with Gasteiger partial charge in [-0.2, -0.15) is 0 Å². The molecule has 1 aromatic carbocycles. The van der Waals surface area contributed by atoms with Crippen molar-refractivity contribution in [1.29, 1.82) is 0 Å². The van der Waals surface area contributed by atoms with Gasteiger partial charge >= 0.3 is 0 Å². The Bertz CT molecular complexity index is 519. The Morgan fingerprint density at radius 1 is 1.14 bits per heavy atom. The maximum absolute atomic E-state index is 5.74. The smallest absolute Gasteiger partial charge is 0.191 e. The fourth-order valence-corrected chi connectivity index (χ4v) is 3.40. The van der Waals surface area contributed by atoms with Gasteiger partial charge < -0.3 is 20.3 Å². The molecule has 0 radical (unpaired) electrons. The highest BCUT2D eigenvalue weighted by atomic mass is 127. The van der Waals surface area contributed by atoms with Gasteiger partial charge in [0.05, 0.1) is 6.61 Å². The highest BCUT2D eigenvalue weighted by Gasteiger charge is 2.19. The van der Waals surface area contributed by atoms with Gasteiger partial charge in [0.25, 0.3) is 0 Å². The molecular weight excluding hydrogens is 463 g/mol. The topological polar surface area (TPSA) is 48.9 Å². The monoisotopic (exact) mass is 502 g/mol. The number of nitrogens with zero attached hydrogens (tertiary/aromatic N) is 2. The number of halogens is 1. The van der Waals surface area contributed by atoms with E-state index in [0.29, 0.717) is 12.6 Å². The first-order valence-corrected chi connectivity index (χ1v) is 10.7. The van der Waals surface area contributed by atoms with Crippen LogP contribution in [-0.4, -0.2) is 56.2 Å². The summed E-state index contributed by atoms with van der Waals surface area (Å²) in [6.45, 7) is 11.3. The first-order chi connectivity index (χ1) is 13.3. The minimum absolute atomic E-state index is 0. The lowest BCUT2D eigenvalue weighted by molar-refractivity contribution is 0.117. The first-order valence-electron chi connectivity index (χ1n) is 10.7. The van der Waals surface area contributed by atoms with E-state index in [-0.39, 0.29) is 24.0 Å². The van der Waals surface area contributed by atoms with Crippen LogP contribution in [0.5, 0.6) is 0 Å². The highest BCUT2D eigenvalue weighted by Crippen LogP contribution is 2.10. The average molecular weight is 502 g/mol. The minimum atomic E-state index is 0. The summed E-state index contributed by atoms with van der Waals surface area (Å²) in [6, 6.07) is 10.9. The molecule has 0 aromatic heterocycles. The first kappa shape index (κ1) is 25.2. The summed E-state index contributed by atoms with van der Waals surface area (Å²) in [5.74, 6) is 0.969. The van der Waals surface area contributed by atoms with E-state index in [0.717, 1.165) is 38.5 Å². The Balaban J connectivity index is 0.00000392. The number of rotatable bonds is 11. The molecule has 0 saturated carbocycles. The maximum atomic E-state index is 5.74. The van der Waals surface area contributed by atoms with Gasteiger partial charge in [-0.25, -0.2) is 0 Å². The molecule has 0 bridgehead atoms. The van der Waals surface area contributed by atoms with E-state index in [9.17, 15) is 0 Å². The molecule has 0 atom stereocenters. The fourth-order valence-electron chi connectivity index (χ4n) is 3.40. The number of ether oxygens (including phenoxy) is 1. The van der Waals surface area contributed by atoms with Crippen LogP contribution in [0.15, 0.2) is 35.3 Å². The number of nitrogens with one attached hydrogen (secondary N) is 2. The van der Waals surface area contributed by atoms with Crippen molar-refractivity contribution in [2.24, 2.45) is 4.99 Å². The fraction of sp³-hybridized carbons (Fsp3) is 0.682. The van der Waals surface area contributed by atoms with Crippen molar-refractivity contribution in [2.75, 3.05) is 39.3 Å². The molecule has 0 aliphatic carbocycles. The highest BCUT2D eigenvalue weighted by molar-refractivity contribution is 14.0. The largest absolute Gasteiger partial charge is 0.377 e. The van der Waals surface area contributed by atoms with Gasteiger partial charge in [0.2, 0.25) is 0 Å². The molecule has 2 N–H and O–H groups in total.